The third-order valence-electron chi connectivity index (χ3n) is 2.42. The van der Waals surface area contributed by atoms with Crippen LogP contribution in [0.3, 0.4) is 0 Å². The number of rotatable bonds is 5. The lowest BCUT2D eigenvalue weighted by Crippen LogP contribution is -2.35. The Hall–Kier alpha value is -0.460. The molecule has 0 amide bonds. The first-order valence-electron chi connectivity index (χ1n) is 5.25. The van der Waals surface area contributed by atoms with Crippen molar-refractivity contribution >= 4 is 37.8 Å². The third-order valence-corrected chi connectivity index (χ3v) is 3.49. The van der Waals surface area contributed by atoms with Gasteiger partial charge in [-0.15, -0.1) is 0 Å². The average Bonchev–Trinajstić information content (AvgIpc) is 2.26. The second-order valence-corrected chi connectivity index (χ2v) is 5.54. The van der Waals surface area contributed by atoms with E-state index in [1.165, 1.54) is 0 Å². The predicted molar refractivity (Wildman–Crippen MR) is 72.9 cm³/mol. The first-order valence-corrected chi connectivity index (χ1v) is 6.84. The Balaban J connectivity index is 3.01. The fraction of sp³-hybridized carbons (Fsp3) is 0.455. The highest BCUT2D eigenvalue weighted by molar-refractivity contribution is 9.11. The molecule has 1 heterocycles. The highest BCUT2D eigenvalue weighted by Gasteiger charge is 2.24. The molecule has 6 heteroatoms. The zero-order chi connectivity index (χ0) is 13.0. The van der Waals surface area contributed by atoms with Gasteiger partial charge in [0, 0.05) is 21.2 Å². The molecule has 0 saturated carbocycles. The number of aromatic nitrogens is 1. The van der Waals surface area contributed by atoms with Crippen LogP contribution < -0.4 is 5.32 Å². The maximum Gasteiger partial charge on any atom is 0.327 e. The summed E-state index contributed by atoms with van der Waals surface area (Å²) >= 11 is 6.62. The van der Waals surface area contributed by atoms with Gasteiger partial charge in [-0.25, -0.2) is 0 Å². The minimum Gasteiger partial charge on any atom is -0.480 e. The Kier molecular flexibility index (Phi) is 5.55. The summed E-state index contributed by atoms with van der Waals surface area (Å²) < 4.78 is 1.48. The molecule has 0 saturated heterocycles. The largest absolute Gasteiger partial charge is 0.480 e. The van der Waals surface area contributed by atoms with Gasteiger partial charge < -0.3 is 5.11 Å². The van der Waals surface area contributed by atoms with Crippen molar-refractivity contribution in [3.63, 3.8) is 0 Å². The van der Waals surface area contributed by atoms with E-state index in [9.17, 15) is 9.90 Å². The number of nitrogens with zero attached hydrogens (tertiary/aromatic N) is 1. The molecule has 1 aromatic heterocycles. The lowest BCUT2D eigenvalue weighted by Gasteiger charge is -2.19. The zero-order valence-electron chi connectivity index (χ0n) is 9.58. The van der Waals surface area contributed by atoms with Crippen molar-refractivity contribution in [1.82, 2.24) is 10.3 Å². The highest BCUT2D eigenvalue weighted by atomic mass is 79.9. The summed E-state index contributed by atoms with van der Waals surface area (Å²) in [7, 11) is 0. The van der Waals surface area contributed by atoms with Crippen LogP contribution in [0.1, 0.15) is 32.0 Å². The van der Waals surface area contributed by atoms with E-state index in [1.54, 1.807) is 12.3 Å². The standard InChI is InChI=1S/C11H14Br2N2O2/c1-3-6(2)15-10(11(16)17)9-8(13)4-7(12)5-14-9/h4-6,10,15H,3H2,1-2H3,(H,16,17). The van der Waals surface area contributed by atoms with Gasteiger partial charge in [0.1, 0.15) is 6.04 Å². The van der Waals surface area contributed by atoms with Crippen LogP contribution in [0, 0.1) is 0 Å². The number of carboxylic acids is 1. The molecule has 2 N–H and O–H groups in total. The predicted octanol–water partition coefficient (Wildman–Crippen LogP) is 3.12. The Bertz CT molecular complexity index is 412. The Morgan fingerprint density at radius 3 is 2.71 bits per heavy atom. The summed E-state index contributed by atoms with van der Waals surface area (Å²) in [6, 6.07) is 1.11. The molecule has 4 nitrogen and oxygen atoms in total. The molecule has 2 unspecified atom stereocenters. The number of aliphatic carboxylic acids is 1. The van der Waals surface area contributed by atoms with E-state index in [0.717, 1.165) is 10.9 Å². The van der Waals surface area contributed by atoms with Gasteiger partial charge in [0.15, 0.2) is 0 Å². The third kappa shape index (κ3) is 4.04. The number of halogens is 2. The van der Waals surface area contributed by atoms with E-state index < -0.39 is 12.0 Å². The molecule has 0 aromatic carbocycles. The maximum atomic E-state index is 11.3. The smallest absolute Gasteiger partial charge is 0.327 e. The summed E-state index contributed by atoms with van der Waals surface area (Å²) in [5.41, 5.74) is 0.487. The fourth-order valence-corrected chi connectivity index (χ4v) is 2.52. The lowest BCUT2D eigenvalue weighted by atomic mass is 10.1. The number of carbonyl (C=O) groups is 1. The summed E-state index contributed by atoms with van der Waals surface area (Å²) in [6.45, 7) is 3.95. The molecular weight excluding hydrogens is 352 g/mol. The molecule has 1 rings (SSSR count). The molecular formula is C11H14Br2N2O2. The second kappa shape index (κ2) is 6.47. The van der Waals surface area contributed by atoms with Crippen LogP contribution in [-0.2, 0) is 4.79 Å². The van der Waals surface area contributed by atoms with E-state index >= 15 is 0 Å². The number of hydrogen-bond donors (Lipinski definition) is 2. The van der Waals surface area contributed by atoms with Gasteiger partial charge in [0.05, 0.1) is 5.69 Å². The van der Waals surface area contributed by atoms with Gasteiger partial charge in [-0.1, -0.05) is 6.92 Å². The Labute approximate surface area is 117 Å². The van der Waals surface area contributed by atoms with E-state index in [4.69, 9.17) is 0 Å². The molecule has 1 aromatic rings. The maximum absolute atomic E-state index is 11.3. The van der Waals surface area contributed by atoms with E-state index in [0.29, 0.717) is 10.2 Å². The van der Waals surface area contributed by atoms with Crippen molar-refractivity contribution < 1.29 is 9.90 Å². The minimum absolute atomic E-state index is 0.119. The van der Waals surface area contributed by atoms with Crippen molar-refractivity contribution in [2.45, 2.75) is 32.4 Å². The number of nitrogens with one attached hydrogen (secondary N) is 1. The first kappa shape index (κ1) is 14.6. The molecule has 94 valence electrons. The van der Waals surface area contributed by atoms with Gasteiger partial charge in [0.2, 0.25) is 0 Å². The molecule has 0 aliphatic carbocycles. The van der Waals surface area contributed by atoms with Crippen molar-refractivity contribution in [1.29, 1.82) is 0 Å². The molecule has 0 spiro atoms. The number of pyridine rings is 1. The van der Waals surface area contributed by atoms with Crippen molar-refractivity contribution in [2.75, 3.05) is 0 Å². The SMILES string of the molecule is CCC(C)NC(C(=O)O)c1ncc(Br)cc1Br. The van der Waals surface area contributed by atoms with Gasteiger partial charge in [-0.2, -0.15) is 0 Å². The van der Waals surface area contributed by atoms with Crippen molar-refractivity contribution in [2.24, 2.45) is 0 Å². The van der Waals surface area contributed by atoms with Gasteiger partial charge >= 0.3 is 5.97 Å². The van der Waals surface area contributed by atoms with Gasteiger partial charge in [0.25, 0.3) is 0 Å². The van der Waals surface area contributed by atoms with Gasteiger partial charge in [-0.3, -0.25) is 15.1 Å². The van der Waals surface area contributed by atoms with Crippen molar-refractivity contribution in [3.05, 3.63) is 26.9 Å². The average molecular weight is 366 g/mol. The van der Waals surface area contributed by atoms with E-state index in [-0.39, 0.29) is 6.04 Å². The van der Waals surface area contributed by atoms with Crippen molar-refractivity contribution in [3.8, 4) is 0 Å². The molecule has 17 heavy (non-hydrogen) atoms. The molecule has 2 atom stereocenters. The van der Waals surface area contributed by atoms with Crippen LogP contribution in [0.15, 0.2) is 21.2 Å². The topological polar surface area (TPSA) is 62.2 Å². The van der Waals surface area contributed by atoms with E-state index in [1.807, 2.05) is 13.8 Å². The lowest BCUT2D eigenvalue weighted by molar-refractivity contribution is -0.140. The highest BCUT2D eigenvalue weighted by Crippen LogP contribution is 2.25. The van der Waals surface area contributed by atoms with Crippen LogP contribution in [-0.4, -0.2) is 22.1 Å². The van der Waals surface area contributed by atoms with E-state index in [2.05, 4.69) is 42.2 Å². The summed E-state index contributed by atoms with van der Waals surface area (Å²) in [4.78, 5) is 15.4. The minimum atomic E-state index is -0.930. The molecule has 0 aliphatic rings. The molecule has 0 bridgehead atoms. The number of carboxylic acid groups (broad SMARTS) is 1. The summed E-state index contributed by atoms with van der Waals surface area (Å²) in [6.07, 6.45) is 2.45. The monoisotopic (exact) mass is 364 g/mol. The normalized spacial score (nSPS) is 14.4. The van der Waals surface area contributed by atoms with Crippen LogP contribution in [0.5, 0.6) is 0 Å². The van der Waals surface area contributed by atoms with Crippen LogP contribution in [0.2, 0.25) is 0 Å². The van der Waals surface area contributed by atoms with Gasteiger partial charge in [-0.05, 0) is 51.3 Å². The molecule has 0 aliphatic heterocycles. The summed E-state index contributed by atoms with van der Waals surface area (Å²) in [5, 5.41) is 12.3. The quantitative estimate of drug-likeness (QED) is 0.841. The Morgan fingerprint density at radius 2 is 2.24 bits per heavy atom. The van der Waals surface area contributed by atoms with Crippen LogP contribution >= 0.6 is 31.9 Å². The fourth-order valence-electron chi connectivity index (χ4n) is 1.31. The zero-order valence-corrected chi connectivity index (χ0v) is 12.7. The van der Waals surface area contributed by atoms with Crippen LogP contribution in [0.25, 0.3) is 0 Å². The number of hydrogen-bond acceptors (Lipinski definition) is 3. The second-order valence-electron chi connectivity index (χ2n) is 3.77. The first-order chi connectivity index (χ1) is 7.95. The molecule has 0 fully saturated rings. The Morgan fingerprint density at radius 1 is 1.59 bits per heavy atom. The molecule has 0 radical (unpaired) electrons. The summed E-state index contributed by atoms with van der Waals surface area (Å²) in [5.74, 6) is -0.930. The van der Waals surface area contributed by atoms with Crippen LogP contribution in [0.4, 0.5) is 0 Å².